The third kappa shape index (κ3) is 1.54. The summed E-state index contributed by atoms with van der Waals surface area (Å²) >= 11 is 0. The molecule has 0 saturated heterocycles. The predicted molar refractivity (Wildman–Crippen MR) is 53.2 cm³/mol. The first kappa shape index (κ1) is 9.57. The summed E-state index contributed by atoms with van der Waals surface area (Å²) in [4.78, 5) is 19.1. The molecule has 0 saturated carbocycles. The fourth-order valence-corrected chi connectivity index (χ4v) is 1.59. The van der Waals surface area contributed by atoms with Crippen molar-refractivity contribution < 1.29 is 4.79 Å². The van der Waals surface area contributed by atoms with E-state index in [-0.39, 0.29) is 12.3 Å². The summed E-state index contributed by atoms with van der Waals surface area (Å²) in [6, 6.07) is 0. The van der Waals surface area contributed by atoms with E-state index >= 15 is 0 Å². The highest BCUT2D eigenvalue weighted by Gasteiger charge is 2.12. The Kier molecular flexibility index (Phi) is 2.11. The molecule has 0 atom stereocenters. The van der Waals surface area contributed by atoms with Gasteiger partial charge in [0, 0.05) is 17.0 Å². The van der Waals surface area contributed by atoms with Crippen molar-refractivity contribution in [3.05, 3.63) is 23.3 Å². The highest BCUT2D eigenvalue weighted by Crippen LogP contribution is 2.12. The van der Waals surface area contributed by atoms with E-state index in [0.717, 1.165) is 17.0 Å². The Morgan fingerprint density at radius 1 is 1.53 bits per heavy atom. The summed E-state index contributed by atoms with van der Waals surface area (Å²) < 4.78 is 1.60. The summed E-state index contributed by atoms with van der Waals surface area (Å²) in [5, 5.41) is 4.02. The minimum absolute atomic E-state index is 0.181. The van der Waals surface area contributed by atoms with Gasteiger partial charge in [0.15, 0.2) is 0 Å². The van der Waals surface area contributed by atoms with Gasteiger partial charge in [-0.25, -0.2) is 9.50 Å². The fraction of sp³-hybridized carbons (Fsp3) is 0.333. The second-order valence-corrected chi connectivity index (χ2v) is 3.38. The van der Waals surface area contributed by atoms with Crippen molar-refractivity contribution in [2.75, 3.05) is 0 Å². The van der Waals surface area contributed by atoms with Crippen LogP contribution in [0.5, 0.6) is 0 Å². The number of nitrogens with zero attached hydrogens (tertiary/aromatic N) is 4. The molecule has 0 radical (unpaired) electrons. The number of aryl methyl sites for hydroxylation is 2. The Hall–Kier alpha value is -1.98. The Balaban J connectivity index is 2.66. The molecule has 6 nitrogen and oxygen atoms in total. The molecule has 2 aromatic heterocycles. The Morgan fingerprint density at radius 3 is 2.93 bits per heavy atom. The minimum Gasteiger partial charge on any atom is -0.369 e. The highest BCUT2D eigenvalue weighted by atomic mass is 16.1. The van der Waals surface area contributed by atoms with Gasteiger partial charge in [-0.2, -0.15) is 10.1 Å². The van der Waals surface area contributed by atoms with Crippen molar-refractivity contribution in [2.24, 2.45) is 5.73 Å². The Morgan fingerprint density at radius 2 is 2.27 bits per heavy atom. The van der Waals surface area contributed by atoms with Crippen LogP contribution in [0.2, 0.25) is 0 Å². The van der Waals surface area contributed by atoms with Crippen LogP contribution in [-0.2, 0) is 11.2 Å². The van der Waals surface area contributed by atoms with Crippen molar-refractivity contribution in [2.45, 2.75) is 20.3 Å². The maximum Gasteiger partial charge on any atom is 0.252 e. The smallest absolute Gasteiger partial charge is 0.252 e. The van der Waals surface area contributed by atoms with Crippen molar-refractivity contribution in [1.29, 1.82) is 0 Å². The van der Waals surface area contributed by atoms with Gasteiger partial charge in [0.25, 0.3) is 5.78 Å². The van der Waals surface area contributed by atoms with Gasteiger partial charge in [-0.3, -0.25) is 4.79 Å². The summed E-state index contributed by atoms with van der Waals surface area (Å²) in [6.45, 7) is 3.70. The maximum atomic E-state index is 10.9. The number of hydrogen-bond donors (Lipinski definition) is 1. The average Bonchev–Trinajstić information content (AvgIpc) is 2.59. The zero-order valence-corrected chi connectivity index (χ0v) is 8.56. The minimum atomic E-state index is -0.373. The number of primary amides is 1. The number of nitrogens with two attached hydrogens (primary N) is 1. The van der Waals surface area contributed by atoms with Gasteiger partial charge in [-0.1, -0.05) is 0 Å². The molecule has 2 N–H and O–H groups in total. The number of fused-ring (bicyclic) bond motifs is 1. The molecular weight excluding hydrogens is 194 g/mol. The number of amides is 1. The van der Waals surface area contributed by atoms with Gasteiger partial charge in [0.1, 0.15) is 6.33 Å². The quantitative estimate of drug-likeness (QED) is 0.733. The number of aromatic nitrogens is 4. The van der Waals surface area contributed by atoms with Gasteiger partial charge in [-0.05, 0) is 13.8 Å². The van der Waals surface area contributed by atoms with E-state index in [9.17, 15) is 4.79 Å². The fourth-order valence-electron chi connectivity index (χ4n) is 1.59. The predicted octanol–water partition coefficient (Wildman–Crippen LogP) is -0.231. The van der Waals surface area contributed by atoms with Crippen LogP contribution in [0.15, 0.2) is 6.33 Å². The van der Waals surface area contributed by atoms with E-state index in [1.54, 1.807) is 4.52 Å². The normalized spacial score (nSPS) is 10.8. The molecule has 0 unspecified atom stereocenters. The van der Waals surface area contributed by atoms with Crippen molar-refractivity contribution in [3.63, 3.8) is 0 Å². The molecule has 0 fully saturated rings. The second kappa shape index (κ2) is 3.30. The van der Waals surface area contributed by atoms with Crippen LogP contribution in [0.1, 0.15) is 17.0 Å². The molecule has 0 aliphatic rings. The molecular formula is C9H11N5O. The first-order valence-electron chi connectivity index (χ1n) is 4.53. The summed E-state index contributed by atoms with van der Waals surface area (Å²) in [7, 11) is 0. The van der Waals surface area contributed by atoms with Crippen molar-refractivity contribution in [3.8, 4) is 0 Å². The zero-order valence-electron chi connectivity index (χ0n) is 8.56. The molecule has 0 aromatic carbocycles. The van der Waals surface area contributed by atoms with Gasteiger partial charge in [0.05, 0.1) is 6.42 Å². The topological polar surface area (TPSA) is 86.2 Å². The molecule has 0 aliphatic heterocycles. The van der Waals surface area contributed by atoms with Gasteiger partial charge in [-0.15, -0.1) is 0 Å². The lowest BCUT2D eigenvalue weighted by Gasteiger charge is -2.07. The largest absolute Gasteiger partial charge is 0.369 e. The third-order valence-electron chi connectivity index (χ3n) is 2.34. The van der Waals surface area contributed by atoms with Crippen LogP contribution in [0.3, 0.4) is 0 Å². The lowest BCUT2D eigenvalue weighted by atomic mass is 10.1. The van der Waals surface area contributed by atoms with Crippen LogP contribution in [0.25, 0.3) is 5.78 Å². The molecule has 1 amide bonds. The molecule has 2 aromatic rings. The summed E-state index contributed by atoms with van der Waals surface area (Å²) in [5.74, 6) is 0.167. The third-order valence-corrected chi connectivity index (χ3v) is 2.34. The first-order valence-corrected chi connectivity index (χ1v) is 4.53. The molecule has 78 valence electrons. The van der Waals surface area contributed by atoms with Crippen molar-refractivity contribution in [1.82, 2.24) is 19.6 Å². The number of hydrogen-bond acceptors (Lipinski definition) is 4. The summed E-state index contributed by atoms with van der Waals surface area (Å²) in [5.41, 5.74) is 7.62. The van der Waals surface area contributed by atoms with Crippen molar-refractivity contribution >= 4 is 11.7 Å². The molecule has 15 heavy (non-hydrogen) atoms. The second-order valence-electron chi connectivity index (χ2n) is 3.38. The van der Waals surface area contributed by atoms with Crippen LogP contribution in [0, 0.1) is 13.8 Å². The van der Waals surface area contributed by atoms with Gasteiger partial charge in [0.2, 0.25) is 5.91 Å². The molecule has 2 heterocycles. The van der Waals surface area contributed by atoms with Gasteiger partial charge < -0.3 is 5.73 Å². The molecule has 0 spiro atoms. The summed E-state index contributed by atoms with van der Waals surface area (Å²) in [6.07, 6.45) is 1.61. The Labute approximate surface area is 86.1 Å². The highest BCUT2D eigenvalue weighted by molar-refractivity contribution is 5.77. The Bertz CT molecular complexity index is 531. The SMILES string of the molecule is Cc1nc2ncnn2c(C)c1CC(N)=O. The molecule has 2 rings (SSSR count). The van der Waals surface area contributed by atoms with Crippen LogP contribution >= 0.6 is 0 Å². The average molecular weight is 205 g/mol. The molecule has 6 heteroatoms. The number of carbonyl (C=O) groups is 1. The lowest BCUT2D eigenvalue weighted by Crippen LogP contribution is -2.17. The van der Waals surface area contributed by atoms with E-state index in [1.165, 1.54) is 6.33 Å². The van der Waals surface area contributed by atoms with E-state index in [2.05, 4.69) is 15.1 Å². The number of carbonyl (C=O) groups excluding carboxylic acids is 1. The molecule has 0 aliphatic carbocycles. The standard InChI is InChI=1S/C9H11N5O/c1-5-7(3-8(10)15)6(2)14-9(13-5)11-4-12-14/h4H,3H2,1-2H3,(H2,10,15). The van der Waals surface area contributed by atoms with Crippen LogP contribution in [0.4, 0.5) is 0 Å². The van der Waals surface area contributed by atoms with E-state index in [0.29, 0.717) is 5.78 Å². The molecule has 0 bridgehead atoms. The van der Waals surface area contributed by atoms with E-state index < -0.39 is 0 Å². The first-order chi connectivity index (χ1) is 7.09. The zero-order chi connectivity index (χ0) is 11.0. The van der Waals surface area contributed by atoms with Crippen LogP contribution < -0.4 is 5.73 Å². The van der Waals surface area contributed by atoms with Crippen LogP contribution in [-0.4, -0.2) is 25.5 Å². The lowest BCUT2D eigenvalue weighted by molar-refractivity contribution is -0.117. The van der Waals surface area contributed by atoms with E-state index in [4.69, 9.17) is 5.73 Å². The van der Waals surface area contributed by atoms with Gasteiger partial charge >= 0.3 is 0 Å². The number of rotatable bonds is 2. The van der Waals surface area contributed by atoms with E-state index in [1.807, 2.05) is 13.8 Å². The monoisotopic (exact) mass is 205 g/mol. The maximum absolute atomic E-state index is 10.9.